The number of imidazole rings is 1. The van der Waals surface area contributed by atoms with Gasteiger partial charge in [-0.1, -0.05) is 6.07 Å². The summed E-state index contributed by atoms with van der Waals surface area (Å²) in [5.74, 6) is 1.74. The lowest BCUT2D eigenvalue weighted by Gasteiger charge is -2.05. The smallest absolute Gasteiger partial charge is 0.125 e. The summed E-state index contributed by atoms with van der Waals surface area (Å²) in [5, 5.41) is 0. The zero-order valence-electron chi connectivity index (χ0n) is 8.39. The number of rotatable bonds is 3. The molecule has 0 saturated heterocycles. The van der Waals surface area contributed by atoms with E-state index in [0.29, 0.717) is 12.3 Å². The van der Waals surface area contributed by atoms with Crippen LogP contribution in [0.25, 0.3) is 5.52 Å². The molecular formula is C12H12N2O. The van der Waals surface area contributed by atoms with Gasteiger partial charge in [0.05, 0.1) is 11.7 Å². The highest BCUT2D eigenvalue weighted by Gasteiger charge is 2.28. The highest BCUT2D eigenvalue weighted by Crippen LogP contribution is 2.39. The van der Waals surface area contributed by atoms with Crippen molar-refractivity contribution in [1.82, 2.24) is 9.38 Å². The van der Waals surface area contributed by atoms with E-state index in [1.807, 2.05) is 24.4 Å². The number of carbonyl (C=O) groups is 1. The Morgan fingerprint density at radius 3 is 3.07 bits per heavy atom. The van der Waals surface area contributed by atoms with Gasteiger partial charge in [-0.2, -0.15) is 0 Å². The largest absolute Gasteiger partial charge is 0.303 e. The Bertz CT molecular complexity index is 511. The lowest BCUT2D eigenvalue weighted by Crippen LogP contribution is -2.01. The number of fused-ring (bicyclic) bond motifs is 1. The maximum atomic E-state index is 10.6. The predicted molar refractivity (Wildman–Crippen MR) is 56.9 cm³/mol. The van der Waals surface area contributed by atoms with Crippen LogP contribution in [0.2, 0.25) is 0 Å². The van der Waals surface area contributed by atoms with E-state index in [4.69, 9.17) is 0 Å². The van der Waals surface area contributed by atoms with Crippen molar-refractivity contribution in [2.24, 2.45) is 0 Å². The Morgan fingerprint density at radius 2 is 2.33 bits per heavy atom. The fourth-order valence-corrected chi connectivity index (χ4v) is 2.02. The Labute approximate surface area is 87.7 Å². The molecule has 0 amide bonds. The maximum absolute atomic E-state index is 10.6. The number of carbonyl (C=O) groups excluding carboxylic acids is 1. The Hall–Kier alpha value is -1.64. The van der Waals surface area contributed by atoms with Gasteiger partial charge in [-0.25, -0.2) is 4.98 Å². The average Bonchev–Trinajstić information content (AvgIpc) is 3.00. The Morgan fingerprint density at radius 1 is 1.47 bits per heavy atom. The number of hydrogen-bond acceptors (Lipinski definition) is 2. The molecule has 2 aromatic rings. The van der Waals surface area contributed by atoms with Crippen LogP contribution in [-0.2, 0) is 11.2 Å². The number of aromatic nitrogens is 2. The van der Waals surface area contributed by atoms with Gasteiger partial charge in [-0.15, -0.1) is 0 Å². The van der Waals surface area contributed by atoms with Crippen molar-refractivity contribution in [2.45, 2.75) is 25.2 Å². The van der Waals surface area contributed by atoms with Gasteiger partial charge in [0.15, 0.2) is 0 Å². The van der Waals surface area contributed by atoms with Gasteiger partial charge in [0, 0.05) is 18.0 Å². The molecular weight excluding hydrogens is 188 g/mol. The molecule has 0 aromatic carbocycles. The fraction of sp³-hybridized carbons (Fsp3) is 0.333. The molecule has 1 aliphatic carbocycles. The molecule has 2 heterocycles. The summed E-state index contributed by atoms with van der Waals surface area (Å²) < 4.78 is 2.13. The molecule has 76 valence electrons. The molecule has 1 saturated carbocycles. The zero-order valence-corrected chi connectivity index (χ0v) is 8.39. The molecule has 15 heavy (non-hydrogen) atoms. The van der Waals surface area contributed by atoms with E-state index < -0.39 is 0 Å². The van der Waals surface area contributed by atoms with Crippen molar-refractivity contribution in [2.75, 3.05) is 0 Å². The van der Waals surface area contributed by atoms with Gasteiger partial charge in [-0.3, -0.25) is 0 Å². The summed E-state index contributed by atoms with van der Waals surface area (Å²) in [6.07, 6.45) is 5.77. The van der Waals surface area contributed by atoms with Gasteiger partial charge in [0.1, 0.15) is 12.1 Å². The Balaban J connectivity index is 2.23. The van der Waals surface area contributed by atoms with Gasteiger partial charge in [0.25, 0.3) is 0 Å². The van der Waals surface area contributed by atoms with E-state index in [-0.39, 0.29) is 0 Å². The first-order valence-corrected chi connectivity index (χ1v) is 5.29. The molecule has 0 radical (unpaired) electrons. The first kappa shape index (κ1) is 8.65. The number of pyridine rings is 1. The van der Waals surface area contributed by atoms with Crippen molar-refractivity contribution < 1.29 is 4.79 Å². The van der Waals surface area contributed by atoms with Crippen LogP contribution < -0.4 is 0 Å². The number of nitrogens with zero attached hydrogens (tertiary/aromatic N) is 2. The quantitative estimate of drug-likeness (QED) is 0.710. The van der Waals surface area contributed by atoms with Crippen LogP contribution >= 0.6 is 0 Å². The van der Waals surface area contributed by atoms with Gasteiger partial charge >= 0.3 is 0 Å². The van der Waals surface area contributed by atoms with Crippen LogP contribution in [0.5, 0.6) is 0 Å². The lowest BCUT2D eigenvalue weighted by molar-refractivity contribution is -0.107. The monoisotopic (exact) mass is 200 g/mol. The Kier molecular flexibility index (Phi) is 1.84. The van der Waals surface area contributed by atoms with Crippen LogP contribution in [0.3, 0.4) is 0 Å². The molecule has 3 heteroatoms. The summed E-state index contributed by atoms with van der Waals surface area (Å²) in [6, 6.07) is 6.01. The van der Waals surface area contributed by atoms with E-state index in [1.165, 1.54) is 12.8 Å². The van der Waals surface area contributed by atoms with Crippen LogP contribution in [0.15, 0.2) is 24.4 Å². The molecule has 0 unspecified atom stereocenters. The topological polar surface area (TPSA) is 34.4 Å². The maximum Gasteiger partial charge on any atom is 0.125 e. The summed E-state index contributed by atoms with van der Waals surface area (Å²) in [5.41, 5.74) is 2.14. The summed E-state index contributed by atoms with van der Waals surface area (Å²) >= 11 is 0. The van der Waals surface area contributed by atoms with Crippen molar-refractivity contribution in [1.29, 1.82) is 0 Å². The van der Waals surface area contributed by atoms with Crippen LogP contribution in [0.1, 0.15) is 30.3 Å². The normalized spacial score (nSPS) is 15.7. The van der Waals surface area contributed by atoms with E-state index in [0.717, 1.165) is 23.3 Å². The molecule has 1 aliphatic rings. The average molecular weight is 200 g/mol. The second-order valence-corrected chi connectivity index (χ2v) is 4.04. The number of hydrogen-bond donors (Lipinski definition) is 0. The highest BCUT2D eigenvalue weighted by atomic mass is 16.1. The van der Waals surface area contributed by atoms with Gasteiger partial charge in [-0.05, 0) is 25.0 Å². The third-order valence-corrected chi connectivity index (χ3v) is 2.89. The molecule has 0 spiro atoms. The third-order valence-electron chi connectivity index (χ3n) is 2.89. The fourth-order valence-electron chi connectivity index (χ4n) is 2.02. The minimum atomic E-state index is 0.466. The molecule has 0 N–H and O–H groups in total. The SMILES string of the molecule is O=CCc1cccc2cnc(C3CC3)n12. The first-order chi connectivity index (χ1) is 7.40. The standard InChI is InChI=1S/C12H12N2O/c15-7-6-10-2-1-3-11-8-13-12(14(10)11)9-4-5-9/h1-3,7-9H,4-6H2. The zero-order chi connectivity index (χ0) is 10.3. The predicted octanol–water partition coefficient (Wildman–Crippen LogP) is 1.95. The number of aldehydes is 1. The summed E-state index contributed by atoms with van der Waals surface area (Å²) in [6.45, 7) is 0. The first-order valence-electron chi connectivity index (χ1n) is 5.29. The second-order valence-electron chi connectivity index (χ2n) is 4.04. The minimum Gasteiger partial charge on any atom is -0.303 e. The molecule has 2 aromatic heterocycles. The molecule has 0 atom stereocenters. The summed E-state index contributed by atoms with van der Waals surface area (Å²) in [4.78, 5) is 15.1. The van der Waals surface area contributed by atoms with Crippen molar-refractivity contribution in [3.8, 4) is 0 Å². The third kappa shape index (κ3) is 1.35. The van der Waals surface area contributed by atoms with E-state index in [2.05, 4.69) is 9.38 Å². The van der Waals surface area contributed by atoms with Crippen molar-refractivity contribution in [3.05, 3.63) is 35.9 Å². The second kappa shape index (κ2) is 3.19. The molecule has 0 bridgehead atoms. The van der Waals surface area contributed by atoms with Crippen molar-refractivity contribution >= 4 is 11.8 Å². The lowest BCUT2D eigenvalue weighted by atomic mass is 10.2. The van der Waals surface area contributed by atoms with Gasteiger partial charge < -0.3 is 9.20 Å². The summed E-state index contributed by atoms with van der Waals surface area (Å²) in [7, 11) is 0. The van der Waals surface area contributed by atoms with E-state index >= 15 is 0 Å². The van der Waals surface area contributed by atoms with Crippen LogP contribution in [0.4, 0.5) is 0 Å². The van der Waals surface area contributed by atoms with Crippen LogP contribution in [0, 0.1) is 0 Å². The van der Waals surface area contributed by atoms with E-state index in [1.54, 1.807) is 0 Å². The molecule has 0 aliphatic heterocycles. The van der Waals surface area contributed by atoms with Crippen molar-refractivity contribution in [3.63, 3.8) is 0 Å². The molecule has 3 rings (SSSR count). The van der Waals surface area contributed by atoms with Crippen LogP contribution in [-0.4, -0.2) is 15.7 Å². The minimum absolute atomic E-state index is 0.466. The van der Waals surface area contributed by atoms with Gasteiger partial charge in [0.2, 0.25) is 0 Å². The highest BCUT2D eigenvalue weighted by molar-refractivity contribution is 5.57. The van der Waals surface area contributed by atoms with E-state index in [9.17, 15) is 4.79 Å². The molecule has 1 fully saturated rings. The molecule has 3 nitrogen and oxygen atoms in total.